The highest BCUT2D eigenvalue weighted by Crippen LogP contribution is 2.43. The van der Waals surface area contributed by atoms with E-state index in [2.05, 4.69) is 31.3 Å². The summed E-state index contributed by atoms with van der Waals surface area (Å²) >= 11 is 0. The molecule has 0 bridgehead atoms. The second kappa shape index (κ2) is 5.65. The molecule has 0 spiro atoms. The summed E-state index contributed by atoms with van der Waals surface area (Å²) in [5.74, 6) is -1.13. The molecule has 0 saturated carbocycles. The summed E-state index contributed by atoms with van der Waals surface area (Å²) in [4.78, 5) is 22.5. The first kappa shape index (κ1) is 14.6. The van der Waals surface area contributed by atoms with Crippen molar-refractivity contribution < 1.29 is 14.7 Å². The summed E-state index contributed by atoms with van der Waals surface area (Å²) in [5, 5.41) is 11.7. The molecular formula is C16H21NO3. The Balaban J connectivity index is 2.16. The molecule has 1 amide bonds. The topological polar surface area (TPSA) is 66.4 Å². The molecule has 1 aliphatic carbocycles. The number of amides is 1. The number of nitrogens with one attached hydrogen (secondary N) is 1. The Morgan fingerprint density at radius 2 is 2.00 bits per heavy atom. The van der Waals surface area contributed by atoms with Gasteiger partial charge in [0.25, 0.3) is 0 Å². The Hall–Kier alpha value is -1.84. The van der Waals surface area contributed by atoms with E-state index < -0.39 is 5.97 Å². The molecule has 1 aromatic rings. The van der Waals surface area contributed by atoms with Crippen molar-refractivity contribution in [3.05, 3.63) is 35.4 Å². The first-order valence-corrected chi connectivity index (χ1v) is 6.99. The van der Waals surface area contributed by atoms with E-state index in [9.17, 15) is 9.59 Å². The Morgan fingerprint density at radius 3 is 2.70 bits per heavy atom. The zero-order chi connectivity index (χ0) is 14.8. The van der Waals surface area contributed by atoms with E-state index in [0.29, 0.717) is 0 Å². The van der Waals surface area contributed by atoms with Crippen molar-refractivity contribution in [2.24, 2.45) is 5.41 Å². The third kappa shape index (κ3) is 3.18. The number of carboxylic acid groups (broad SMARTS) is 1. The molecule has 2 rings (SSSR count). The summed E-state index contributed by atoms with van der Waals surface area (Å²) in [5.41, 5.74) is 2.41. The third-order valence-corrected chi connectivity index (χ3v) is 4.06. The molecule has 2 N–H and O–H groups in total. The number of rotatable bonds is 4. The second-order valence-corrected chi connectivity index (χ2v) is 6.08. The zero-order valence-electron chi connectivity index (χ0n) is 12.0. The summed E-state index contributed by atoms with van der Waals surface area (Å²) in [7, 11) is 0. The van der Waals surface area contributed by atoms with Gasteiger partial charge in [0, 0.05) is 6.42 Å². The minimum Gasteiger partial charge on any atom is -0.481 e. The number of aryl methyl sites for hydroxylation is 1. The van der Waals surface area contributed by atoms with Gasteiger partial charge in [-0.05, 0) is 29.4 Å². The fourth-order valence-electron chi connectivity index (χ4n) is 2.79. The van der Waals surface area contributed by atoms with Crippen LogP contribution in [0.5, 0.6) is 0 Å². The molecule has 0 aromatic heterocycles. The number of carbonyl (C=O) groups is 2. The number of hydrogen-bond donors (Lipinski definition) is 2. The average Bonchev–Trinajstić information content (AvgIpc) is 2.40. The van der Waals surface area contributed by atoms with E-state index in [-0.39, 0.29) is 30.2 Å². The lowest BCUT2D eigenvalue weighted by atomic mass is 9.70. The highest BCUT2D eigenvalue weighted by Gasteiger charge is 2.36. The molecule has 0 fully saturated rings. The van der Waals surface area contributed by atoms with Crippen molar-refractivity contribution >= 4 is 11.9 Å². The van der Waals surface area contributed by atoms with Crippen LogP contribution in [0.2, 0.25) is 0 Å². The summed E-state index contributed by atoms with van der Waals surface area (Å²) < 4.78 is 0. The normalized spacial score (nSPS) is 20.0. The fraction of sp³-hybridized carbons (Fsp3) is 0.500. The first-order valence-electron chi connectivity index (χ1n) is 6.99. The van der Waals surface area contributed by atoms with Gasteiger partial charge in [-0.1, -0.05) is 38.1 Å². The highest BCUT2D eigenvalue weighted by molar-refractivity contribution is 5.81. The molecule has 4 nitrogen and oxygen atoms in total. The lowest BCUT2D eigenvalue weighted by molar-refractivity contribution is -0.139. The molecule has 1 aromatic carbocycles. The van der Waals surface area contributed by atoms with E-state index in [1.54, 1.807) is 0 Å². The number of benzene rings is 1. The first-order chi connectivity index (χ1) is 9.40. The molecule has 108 valence electrons. The van der Waals surface area contributed by atoms with Crippen molar-refractivity contribution in [2.45, 2.75) is 45.6 Å². The third-order valence-electron chi connectivity index (χ3n) is 4.06. The average molecular weight is 275 g/mol. The number of aliphatic carboxylic acids is 1. The minimum absolute atomic E-state index is 0.0206. The van der Waals surface area contributed by atoms with Crippen molar-refractivity contribution in [2.75, 3.05) is 0 Å². The standard InChI is InChI=1S/C16H21NO3/c1-16(2)10-9-11-5-3-4-6-12(11)15(16)17-13(18)7-8-14(19)20/h3-6,15H,7-10H2,1-2H3,(H,17,18)(H,19,20). The monoisotopic (exact) mass is 275 g/mol. The van der Waals surface area contributed by atoms with E-state index in [1.807, 2.05) is 12.1 Å². The SMILES string of the molecule is CC1(C)CCc2ccccc2C1NC(=O)CCC(=O)O. The predicted octanol–water partition coefficient (Wildman–Crippen LogP) is 2.68. The number of fused-ring (bicyclic) bond motifs is 1. The van der Waals surface area contributed by atoms with Gasteiger partial charge in [0.05, 0.1) is 12.5 Å². The highest BCUT2D eigenvalue weighted by atomic mass is 16.4. The lowest BCUT2D eigenvalue weighted by Crippen LogP contribution is -2.41. The molecule has 1 aliphatic rings. The van der Waals surface area contributed by atoms with Gasteiger partial charge in [0.15, 0.2) is 0 Å². The largest absolute Gasteiger partial charge is 0.481 e. The smallest absolute Gasteiger partial charge is 0.303 e. The van der Waals surface area contributed by atoms with Crippen LogP contribution in [-0.2, 0) is 16.0 Å². The Labute approximate surface area is 119 Å². The van der Waals surface area contributed by atoms with Crippen LogP contribution in [0.25, 0.3) is 0 Å². The van der Waals surface area contributed by atoms with Crippen LogP contribution in [0.4, 0.5) is 0 Å². The van der Waals surface area contributed by atoms with Gasteiger partial charge in [0.1, 0.15) is 0 Å². The molecule has 0 saturated heterocycles. The van der Waals surface area contributed by atoms with E-state index in [4.69, 9.17) is 5.11 Å². The molecule has 4 heteroatoms. The van der Waals surface area contributed by atoms with E-state index in [0.717, 1.165) is 18.4 Å². The second-order valence-electron chi connectivity index (χ2n) is 6.08. The van der Waals surface area contributed by atoms with Crippen LogP contribution in [0, 0.1) is 5.41 Å². The predicted molar refractivity (Wildman–Crippen MR) is 76.3 cm³/mol. The molecule has 0 radical (unpaired) electrons. The molecular weight excluding hydrogens is 254 g/mol. The van der Waals surface area contributed by atoms with Crippen molar-refractivity contribution in [1.82, 2.24) is 5.32 Å². The maximum absolute atomic E-state index is 11.9. The molecule has 1 unspecified atom stereocenters. The molecule has 1 atom stereocenters. The fourth-order valence-corrected chi connectivity index (χ4v) is 2.79. The quantitative estimate of drug-likeness (QED) is 0.887. The van der Waals surface area contributed by atoms with Crippen LogP contribution in [0.3, 0.4) is 0 Å². The summed E-state index contributed by atoms with van der Waals surface area (Å²) in [6, 6.07) is 8.10. The Kier molecular flexibility index (Phi) is 4.12. The van der Waals surface area contributed by atoms with Gasteiger partial charge in [-0.3, -0.25) is 9.59 Å². The number of hydrogen-bond acceptors (Lipinski definition) is 2. The Morgan fingerprint density at radius 1 is 1.30 bits per heavy atom. The van der Waals surface area contributed by atoms with Gasteiger partial charge in [-0.2, -0.15) is 0 Å². The van der Waals surface area contributed by atoms with Gasteiger partial charge in [0.2, 0.25) is 5.91 Å². The van der Waals surface area contributed by atoms with Gasteiger partial charge < -0.3 is 10.4 Å². The summed E-state index contributed by atoms with van der Waals surface area (Å²) in [6.45, 7) is 4.29. The molecule has 20 heavy (non-hydrogen) atoms. The van der Waals surface area contributed by atoms with Crippen molar-refractivity contribution in [3.63, 3.8) is 0 Å². The van der Waals surface area contributed by atoms with Crippen molar-refractivity contribution in [3.8, 4) is 0 Å². The minimum atomic E-state index is -0.941. The van der Waals surface area contributed by atoms with Crippen LogP contribution in [0.1, 0.15) is 50.3 Å². The molecule has 0 aliphatic heterocycles. The van der Waals surface area contributed by atoms with Gasteiger partial charge >= 0.3 is 5.97 Å². The lowest BCUT2D eigenvalue weighted by Gasteiger charge is -2.40. The van der Waals surface area contributed by atoms with E-state index in [1.165, 1.54) is 5.56 Å². The summed E-state index contributed by atoms with van der Waals surface area (Å²) in [6.07, 6.45) is 1.93. The van der Waals surface area contributed by atoms with Gasteiger partial charge in [-0.15, -0.1) is 0 Å². The Bertz CT molecular complexity index is 522. The van der Waals surface area contributed by atoms with Crippen LogP contribution in [-0.4, -0.2) is 17.0 Å². The van der Waals surface area contributed by atoms with Crippen molar-refractivity contribution in [1.29, 1.82) is 0 Å². The molecule has 0 heterocycles. The van der Waals surface area contributed by atoms with Crippen LogP contribution >= 0.6 is 0 Å². The van der Waals surface area contributed by atoms with Crippen LogP contribution < -0.4 is 5.32 Å². The van der Waals surface area contributed by atoms with E-state index >= 15 is 0 Å². The maximum atomic E-state index is 11.9. The number of carbonyl (C=O) groups excluding carboxylic acids is 1. The maximum Gasteiger partial charge on any atom is 0.303 e. The van der Waals surface area contributed by atoms with Gasteiger partial charge in [-0.25, -0.2) is 0 Å². The number of carboxylic acids is 1. The zero-order valence-corrected chi connectivity index (χ0v) is 12.0. The van der Waals surface area contributed by atoms with Crippen LogP contribution in [0.15, 0.2) is 24.3 Å².